The molecule has 0 unspecified atom stereocenters. The number of hydrogen-bond donors (Lipinski definition) is 0. The van der Waals surface area contributed by atoms with Crippen LogP contribution in [0.1, 0.15) is 23.6 Å². The summed E-state index contributed by atoms with van der Waals surface area (Å²) in [6.07, 6.45) is 0.964. The van der Waals surface area contributed by atoms with E-state index >= 15 is 0 Å². The fraction of sp³-hybridized carbons (Fsp3) is 0.143. The Morgan fingerprint density at radius 2 is 1.23 bits per heavy atom. The Kier molecular flexibility index (Phi) is 6.46. The Labute approximate surface area is 178 Å². The summed E-state index contributed by atoms with van der Waals surface area (Å²) in [6, 6.07) is 35.2. The van der Waals surface area contributed by atoms with Crippen LogP contribution in [0.5, 0.6) is 11.5 Å². The molecule has 0 bridgehead atoms. The van der Waals surface area contributed by atoms with E-state index in [4.69, 9.17) is 9.47 Å². The Hall–Kier alpha value is -3.52. The number of benzene rings is 4. The van der Waals surface area contributed by atoms with E-state index in [1.54, 1.807) is 0 Å². The van der Waals surface area contributed by atoms with Gasteiger partial charge in [-0.25, -0.2) is 0 Å². The van der Waals surface area contributed by atoms with Crippen LogP contribution in [0.4, 0.5) is 0 Å². The summed E-state index contributed by atoms with van der Waals surface area (Å²) in [5.74, 6) is 1.83. The van der Waals surface area contributed by atoms with Gasteiger partial charge in [0.05, 0.1) is 0 Å². The zero-order chi connectivity index (χ0) is 20.6. The molecular formula is C28H26O2. The van der Waals surface area contributed by atoms with Gasteiger partial charge in [0.25, 0.3) is 0 Å². The highest BCUT2D eigenvalue weighted by molar-refractivity contribution is 5.65. The predicted octanol–water partition coefficient (Wildman–Crippen LogP) is 7.07. The van der Waals surface area contributed by atoms with Crippen molar-refractivity contribution in [1.29, 1.82) is 0 Å². The summed E-state index contributed by atoms with van der Waals surface area (Å²) in [6.45, 7) is 3.26. The van der Waals surface area contributed by atoms with Crippen LogP contribution < -0.4 is 9.47 Å². The molecule has 0 atom stereocenters. The molecule has 0 aliphatic carbocycles. The largest absolute Gasteiger partial charge is 0.489 e. The van der Waals surface area contributed by atoms with E-state index in [-0.39, 0.29) is 0 Å². The first-order valence-electron chi connectivity index (χ1n) is 10.4. The van der Waals surface area contributed by atoms with E-state index in [0.29, 0.717) is 13.2 Å². The Balaban J connectivity index is 1.45. The van der Waals surface area contributed by atoms with E-state index < -0.39 is 0 Å². The zero-order valence-electron chi connectivity index (χ0n) is 17.3. The molecule has 0 amide bonds. The second-order valence-corrected chi connectivity index (χ2v) is 7.25. The van der Waals surface area contributed by atoms with Crippen molar-refractivity contribution >= 4 is 0 Å². The van der Waals surface area contributed by atoms with Crippen LogP contribution in [0, 0.1) is 0 Å². The molecule has 0 spiro atoms. The van der Waals surface area contributed by atoms with Crippen LogP contribution in [-0.4, -0.2) is 0 Å². The zero-order valence-corrected chi connectivity index (χ0v) is 17.3. The number of hydrogen-bond acceptors (Lipinski definition) is 2. The van der Waals surface area contributed by atoms with E-state index in [1.165, 1.54) is 5.56 Å². The monoisotopic (exact) mass is 394 g/mol. The quantitative estimate of drug-likeness (QED) is 0.318. The third-order valence-corrected chi connectivity index (χ3v) is 5.09. The molecule has 30 heavy (non-hydrogen) atoms. The smallest absolute Gasteiger partial charge is 0.122 e. The van der Waals surface area contributed by atoms with Crippen molar-refractivity contribution in [2.45, 2.75) is 26.6 Å². The Bertz CT molecular complexity index is 1090. The molecule has 2 nitrogen and oxygen atoms in total. The summed E-state index contributed by atoms with van der Waals surface area (Å²) < 4.78 is 12.1. The minimum Gasteiger partial charge on any atom is -0.489 e. The van der Waals surface area contributed by atoms with Gasteiger partial charge in [0.2, 0.25) is 0 Å². The fourth-order valence-electron chi connectivity index (χ4n) is 3.44. The first-order chi connectivity index (χ1) is 14.8. The summed E-state index contributed by atoms with van der Waals surface area (Å²) in [5.41, 5.74) is 5.83. The molecule has 0 saturated heterocycles. The highest BCUT2D eigenvalue weighted by Crippen LogP contribution is 2.26. The first kappa shape index (κ1) is 19.8. The third-order valence-electron chi connectivity index (χ3n) is 5.09. The van der Waals surface area contributed by atoms with Gasteiger partial charge in [0.1, 0.15) is 24.7 Å². The molecule has 2 heteroatoms. The molecule has 4 aromatic rings. The Morgan fingerprint density at radius 1 is 0.567 bits per heavy atom. The number of aryl methyl sites for hydroxylation is 1. The van der Waals surface area contributed by atoms with Gasteiger partial charge < -0.3 is 9.47 Å². The van der Waals surface area contributed by atoms with E-state index in [0.717, 1.165) is 40.2 Å². The maximum absolute atomic E-state index is 6.09. The van der Waals surface area contributed by atoms with Crippen molar-refractivity contribution in [1.82, 2.24) is 0 Å². The molecular weight excluding hydrogens is 368 g/mol. The van der Waals surface area contributed by atoms with Crippen LogP contribution in [0.2, 0.25) is 0 Å². The standard InChI is InChI=1S/C28H26O2/c1-2-24-13-6-7-17-28(24)30-21-23-12-8-14-25(18-23)26-15-9-16-27(19-26)29-20-22-10-4-3-5-11-22/h3-19H,2,20-21H2,1H3. The summed E-state index contributed by atoms with van der Waals surface area (Å²) in [7, 11) is 0. The van der Waals surface area contributed by atoms with Crippen molar-refractivity contribution in [3.05, 3.63) is 120 Å². The summed E-state index contributed by atoms with van der Waals surface area (Å²) in [4.78, 5) is 0. The van der Waals surface area contributed by atoms with Crippen LogP contribution in [0.3, 0.4) is 0 Å². The molecule has 0 aliphatic rings. The summed E-state index contributed by atoms with van der Waals surface area (Å²) in [5, 5.41) is 0. The van der Waals surface area contributed by atoms with Gasteiger partial charge in [0.15, 0.2) is 0 Å². The highest BCUT2D eigenvalue weighted by Gasteiger charge is 2.05. The first-order valence-corrected chi connectivity index (χ1v) is 10.4. The lowest BCUT2D eigenvalue weighted by Gasteiger charge is -2.12. The van der Waals surface area contributed by atoms with Crippen LogP contribution >= 0.6 is 0 Å². The van der Waals surface area contributed by atoms with E-state index in [9.17, 15) is 0 Å². The minimum atomic E-state index is 0.551. The van der Waals surface area contributed by atoms with Crippen molar-refractivity contribution in [3.63, 3.8) is 0 Å². The van der Waals surface area contributed by atoms with Crippen LogP contribution in [0.15, 0.2) is 103 Å². The molecule has 4 aromatic carbocycles. The number of ether oxygens (including phenoxy) is 2. The topological polar surface area (TPSA) is 18.5 Å². The summed E-state index contributed by atoms with van der Waals surface area (Å²) >= 11 is 0. The number of rotatable bonds is 8. The highest BCUT2D eigenvalue weighted by atomic mass is 16.5. The third kappa shape index (κ3) is 5.09. The molecule has 0 aromatic heterocycles. The van der Waals surface area contributed by atoms with Crippen molar-refractivity contribution in [2.75, 3.05) is 0 Å². The molecule has 0 fully saturated rings. The van der Waals surface area contributed by atoms with Gasteiger partial charge in [-0.05, 0) is 58.5 Å². The lowest BCUT2D eigenvalue weighted by molar-refractivity contribution is 0.303. The van der Waals surface area contributed by atoms with Crippen molar-refractivity contribution in [2.24, 2.45) is 0 Å². The minimum absolute atomic E-state index is 0.551. The van der Waals surface area contributed by atoms with Crippen molar-refractivity contribution < 1.29 is 9.47 Å². The van der Waals surface area contributed by atoms with Gasteiger partial charge in [-0.2, -0.15) is 0 Å². The number of para-hydroxylation sites is 1. The predicted molar refractivity (Wildman–Crippen MR) is 123 cm³/mol. The maximum Gasteiger partial charge on any atom is 0.122 e. The average Bonchev–Trinajstić information content (AvgIpc) is 2.82. The van der Waals surface area contributed by atoms with Crippen LogP contribution in [-0.2, 0) is 19.6 Å². The van der Waals surface area contributed by atoms with E-state index in [1.807, 2.05) is 42.5 Å². The average molecular weight is 395 g/mol. The lowest BCUT2D eigenvalue weighted by Crippen LogP contribution is -1.98. The van der Waals surface area contributed by atoms with E-state index in [2.05, 4.69) is 67.6 Å². The molecule has 0 radical (unpaired) electrons. The molecule has 150 valence electrons. The van der Waals surface area contributed by atoms with Gasteiger partial charge in [-0.15, -0.1) is 0 Å². The lowest BCUT2D eigenvalue weighted by atomic mass is 10.0. The molecule has 4 rings (SSSR count). The second kappa shape index (κ2) is 9.80. The van der Waals surface area contributed by atoms with Gasteiger partial charge >= 0.3 is 0 Å². The van der Waals surface area contributed by atoms with Gasteiger partial charge in [0, 0.05) is 0 Å². The SMILES string of the molecule is CCc1ccccc1OCc1cccc(-c2cccc(OCc3ccccc3)c2)c1. The van der Waals surface area contributed by atoms with Crippen molar-refractivity contribution in [3.8, 4) is 22.6 Å². The molecule has 0 N–H and O–H groups in total. The normalized spacial score (nSPS) is 10.6. The fourth-order valence-corrected chi connectivity index (χ4v) is 3.44. The Morgan fingerprint density at radius 3 is 2.07 bits per heavy atom. The maximum atomic E-state index is 6.09. The van der Waals surface area contributed by atoms with Gasteiger partial charge in [-0.3, -0.25) is 0 Å². The van der Waals surface area contributed by atoms with Gasteiger partial charge in [-0.1, -0.05) is 85.8 Å². The molecule has 0 aliphatic heterocycles. The van der Waals surface area contributed by atoms with Crippen LogP contribution in [0.25, 0.3) is 11.1 Å². The molecule has 0 heterocycles. The second-order valence-electron chi connectivity index (χ2n) is 7.25. The molecule has 0 saturated carbocycles.